The Morgan fingerprint density at radius 1 is 1.00 bits per heavy atom. The van der Waals surface area contributed by atoms with E-state index in [2.05, 4.69) is 57.2 Å². The highest BCUT2D eigenvalue weighted by atomic mass is 32.2. The number of ether oxygens (including phenoxy) is 1. The molecule has 3 rings (SSSR count). The van der Waals surface area contributed by atoms with Crippen LogP contribution in [0.4, 0.5) is 0 Å². The molecule has 1 aliphatic heterocycles. The topological polar surface area (TPSA) is 21.6 Å². The first-order valence-corrected chi connectivity index (χ1v) is 9.69. The number of methoxy groups -OCH3 is 1. The molecule has 130 valence electrons. The normalized spacial score (nSPS) is 14.2. The van der Waals surface area contributed by atoms with E-state index < -0.39 is 0 Å². The first-order chi connectivity index (χ1) is 12.1. The lowest BCUT2D eigenvalue weighted by Crippen LogP contribution is -1.96. The fourth-order valence-corrected chi connectivity index (χ4v) is 3.89. The van der Waals surface area contributed by atoms with Crippen LogP contribution in [0.3, 0.4) is 0 Å². The molecule has 0 spiro atoms. The molecule has 0 bridgehead atoms. The van der Waals surface area contributed by atoms with Gasteiger partial charge in [0.05, 0.1) is 17.9 Å². The minimum absolute atomic E-state index is 0.540. The van der Waals surface area contributed by atoms with E-state index in [9.17, 15) is 0 Å². The van der Waals surface area contributed by atoms with Crippen LogP contribution in [-0.4, -0.2) is 17.4 Å². The molecular formula is C22H25NOS. The van der Waals surface area contributed by atoms with Crippen LogP contribution in [-0.2, 0) is 6.42 Å². The summed E-state index contributed by atoms with van der Waals surface area (Å²) in [6.07, 6.45) is 1.98. The van der Waals surface area contributed by atoms with Crippen molar-refractivity contribution in [1.82, 2.24) is 0 Å². The summed E-state index contributed by atoms with van der Waals surface area (Å²) in [5.41, 5.74) is 6.19. The van der Waals surface area contributed by atoms with Gasteiger partial charge in [-0.1, -0.05) is 45.0 Å². The van der Waals surface area contributed by atoms with Gasteiger partial charge in [0.15, 0.2) is 0 Å². The summed E-state index contributed by atoms with van der Waals surface area (Å²) in [5.74, 6) is 0.872. The number of rotatable bonds is 5. The van der Waals surface area contributed by atoms with Gasteiger partial charge in [-0.15, -0.1) is 11.8 Å². The molecule has 0 unspecified atom stereocenters. The van der Waals surface area contributed by atoms with Gasteiger partial charge >= 0.3 is 0 Å². The van der Waals surface area contributed by atoms with E-state index in [1.807, 2.05) is 23.9 Å². The van der Waals surface area contributed by atoms with Crippen LogP contribution in [0.1, 0.15) is 43.9 Å². The van der Waals surface area contributed by atoms with E-state index in [1.54, 1.807) is 7.11 Å². The summed E-state index contributed by atoms with van der Waals surface area (Å²) >= 11 is 1.86. The highest BCUT2D eigenvalue weighted by molar-refractivity contribution is 8.14. The lowest BCUT2D eigenvalue weighted by atomic mass is 9.98. The van der Waals surface area contributed by atoms with Crippen LogP contribution in [0.15, 0.2) is 53.5 Å². The van der Waals surface area contributed by atoms with Gasteiger partial charge in [0.25, 0.3) is 0 Å². The van der Waals surface area contributed by atoms with Crippen molar-refractivity contribution in [2.75, 3.05) is 7.11 Å². The van der Waals surface area contributed by atoms with Gasteiger partial charge in [-0.2, -0.15) is 0 Å². The van der Waals surface area contributed by atoms with Crippen LogP contribution in [0, 0.1) is 0 Å². The molecule has 0 fully saturated rings. The van der Waals surface area contributed by atoms with Crippen molar-refractivity contribution in [2.45, 2.75) is 38.9 Å². The first kappa shape index (κ1) is 17.8. The molecule has 1 heterocycles. The van der Waals surface area contributed by atoms with Crippen molar-refractivity contribution in [1.29, 1.82) is 0 Å². The molecule has 0 saturated heterocycles. The second kappa shape index (κ2) is 7.92. The van der Waals surface area contributed by atoms with Crippen LogP contribution in [0.5, 0.6) is 5.75 Å². The van der Waals surface area contributed by atoms with Crippen molar-refractivity contribution in [3.63, 3.8) is 0 Å². The number of hydrogen-bond donors (Lipinski definition) is 0. The number of hydrogen-bond acceptors (Lipinski definition) is 3. The van der Waals surface area contributed by atoms with Gasteiger partial charge in [-0.25, -0.2) is 4.99 Å². The quantitative estimate of drug-likeness (QED) is 0.652. The molecule has 0 radical (unpaired) electrons. The average molecular weight is 352 g/mol. The predicted molar refractivity (Wildman–Crippen MR) is 110 cm³/mol. The number of aryl methyl sites for hydroxylation is 1. The van der Waals surface area contributed by atoms with Gasteiger partial charge in [0, 0.05) is 17.2 Å². The number of thioether (sulfide) groups is 1. The van der Waals surface area contributed by atoms with E-state index in [4.69, 9.17) is 9.73 Å². The average Bonchev–Trinajstić information content (AvgIpc) is 3.05. The second-order valence-electron chi connectivity index (χ2n) is 6.46. The number of nitrogens with zero attached hydrogens (tertiary/aromatic N) is 1. The van der Waals surface area contributed by atoms with Crippen LogP contribution in [0.25, 0.3) is 11.3 Å². The third kappa shape index (κ3) is 4.16. The van der Waals surface area contributed by atoms with E-state index in [1.165, 1.54) is 21.7 Å². The van der Waals surface area contributed by atoms with Crippen molar-refractivity contribution >= 4 is 28.1 Å². The standard InChI is InChI=1S/C22H25NOS/c1-5-16-6-8-17(9-7-16)20-14-21(25-15(2)3)23-22(20)18-10-12-19(24-4)13-11-18/h6-13,15H,5,14H2,1-4H3. The molecular weight excluding hydrogens is 326 g/mol. The summed E-state index contributed by atoms with van der Waals surface area (Å²) in [6.45, 7) is 6.62. The molecule has 0 N–H and O–H groups in total. The van der Waals surface area contributed by atoms with Gasteiger partial charge in [0.2, 0.25) is 0 Å². The highest BCUT2D eigenvalue weighted by Crippen LogP contribution is 2.39. The second-order valence-corrected chi connectivity index (χ2v) is 8.10. The molecule has 0 atom stereocenters. The Balaban J connectivity index is 2.00. The third-order valence-electron chi connectivity index (χ3n) is 4.30. The van der Waals surface area contributed by atoms with E-state index in [0.717, 1.165) is 29.9 Å². The van der Waals surface area contributed by atoms with E-state index >= 15 is 0 Å². The van der Waals surface area contributed by atoms with Gasteiger partial charge in [-0.3, -0.25) is 0 Å². The van der Waals surface area contributed by atoms with Crippen LogP contribution < -0.4 is 4.74 Å². The van der Waals surface area contributed by atoms with Crippen molar-refractivity contribution in [2.24, 2.45) is 4.99 Å². The van der Waals surface area contributed by atoms with Crippen molar-refractivity contribution in [3.8, 4) is 5.75 Å². The fraction of sp³-hybridized carbons (Fsp3) is 0.318. The molecule has 25 heavy (non-hydrogen) atoms. The summed E-state index contributed by atoms with van der Waals surface area (Å²) in [6, 6.07) is 17.1. The Kier molecular flexibility index (Phi) is 5.64. The first-order valence-electron chi connectivity index (χ1n) is 8.81. The SMILES string of the molecule is CCc1ccc(C2=C(c3ccc(OC)cc3)N=C(SC(C)C)C2)cc1. The molecule has 0 aliphatic carbocycles. The molecule has 0 aromatic heterocycles. The highest BCUT2D eigenvalue weighted by Gasteiger charge is 2.21. The Morgan fingerprint density at radius 3 is 2.20 bits per heavy atom. The molecule has 2 aromatic carbocycles. The molecule has 1 aliphatic rings. The van der Waals surface area contributed by atoms with Gasteiger partial charge < -0.3 is 4.74 Å². The molecule has 3 heteroatoms. The number of allylic oxidation sites excluding steroid dienone is 1. The number of benzene rings is 2. The lowest BCUT2D eigenvalue weighted by Gasteiger charge is -2.09. The Hall–Kier alpha value is -2.00. The smallest absolute Gasteiger partial charge is 0.118 e. The van der Waals surface area contributed by atoms with Crippen molar-refractivity contribution < 1.29 is 4.74 Å². The monoisotopic (exact) mass is 351 g/mol. The molecule has 2 nitrogen and oxygen atoms in total. The van der Waals surface area contributed by atoms with Crippen molar-refractivity contribution in [3.05, 3.63) is 65.2 Å². The Bertz CT molecular complexity index is 786. The zero-order valence-corrected chi connectivity index (χ0v) is 16.2. The summed E-state index contributed by atoms with van der Waals surface area (Å²) in [5, 5.41) is 1.74. The predicted octanol–water partition coefficient (Wildman–Crippen LogP) is 6.07. The minimum Gasteiger partial charge on any atom is -0.497 e. The maximum atomic E-state index is 5.29. The van der Waals surface area contributed by atoms with E-state index in [-0.39, 0.29) is 0 Å². The molecule has 0 amide bonds. The van der Waals surface area contributed by atoms with E-state index in [0.29, 0.717) is 5.25 Å². The van der Waals surface area contributed by atoms with Gasteiger partial charge in [0.1, 0.15) is 5.75 Å². The maximum absolute atomic E-state index is 5.29. The summed E-state index contributed by atoms with van der Waals surface area (Å²) in [7, 11) is 1.69. The zero-order chi connectivity index (χ0) is 17.8. The Labute approximate surface area is 155 Å². The summed E-state index contributed by atoms with van der Waals surface area (Å²) in [4.78, 5) is 4.97. The zero-order valence-electron chi connectivity index (χ0n) is 15.4. The lowest BCUT2D eigenvalue weighted by molar-refractivity contribution is 0.415. The molecule has 2 aromatic rings. The molecule has 0 saturated carbocycles. The Morgan fingerprint density at radius 2 is 1.64 bits per heavy atom. The largest absolute Gasteiger partial charge is 0.497 e. The third-order valence-corrected chi connectivity index (χ3v) is 5.28. The maximum Gasteiger partial charge on any atom is 0.118 e. The summed E-state index contributed by atoms with van der Waals surface area (Å²) < 4.78 is 5.29. The minimum atomic E-state index is 0.540. The fourth-order valence-electron chi connectivity index (χ4n) is 2.97. The van der Waals surface area contributed by atoms with Gasteiger partial charge in [-0.05, 0) is 47.4 Å². The van der Waals surface area contributed by atoms with Crippen LogP contribution >= 0.6 is 11.8 Å². The number of aliphatic imine (C=N–C) groups is 1. The van der Waals surface area contributed by atoms with Crippen LogP contribution in [0.2, 0.25) is 0 Å².